The number of aromatic carboxylic acids is 1. The number of carboxylic acid groups (broad SMARTS) is 1. The number of hydrogen-bond donors (Lipinski definition) is 1. The van der Waals surface area contributed by atoms with Gasteiger partial charge in [0, 0.05) is 12.9 Å². The number of nitrogens with zero attached hydrogens (tertiary/aromatic N) is 3. The molecule has 2 rings (SSSR count). The maximum atomic E-state index is 13.2. The Morgan fingerprint density at radius 1 is 1.35 bits per heavy atom. The van der Waals surface area contributed by atoms with Crippen LogP contribution in [-0.4, -0.2) is 22.8 Å². The average Bonchev–Trinajstić information content (AvgIpc) is 2.62. The van der Waals surface area contributed by atoms with Crippen LogP contribution in [0.1, 0.15) is 36.7 Å². The second-order valence-electron chi connectivity index (χ2n) is 5.91. The van der Waals surface area contributed by atoms with Gasteiger partial charge < -0.3 is 9.84 Å². The topological polar surface area (TPSA) is 75.0 Å². The van der Waals surface area contributed by atoms with Crippen LogP contribution in [0.15, 0.2) is 59.7 Å². The third kappa shape index (κ3) is 4.24. The molecular weight excluding hydrogens is 337 g/mol. The van der Waals surface area contributed by atoms with Crippen molar-refractivity contribution >= 4 is 18.5 Å². The van der Waals surface area contributed by atoms with Crippen LogP contribution >= 0.6 is 0 Å². The Balaban J connectivity index is 2.33. The summed E-state index contributed by atoms with van der Waals surface area (Å²) >= 11 is 0. The number of allylic oxidation sites excluding steroid dienone is 1. The number of carboxylic acids is 1. The Hall–Kier alpha value is -3.22. The van der Waals surface area contributed by atoms with Crippen LogP contribution in [-0.2, 0) is 10.3 Å². The third-order valence-electron chi connectivity index (χ3n) is 3.71. The van der Waals surface area contributed by atoms with Gasteiger partial charge in [-0.25, -0.2) is 14.2 Å². The molecule has 136 valence electrons. The molecule has 0 bridgehead atoms. The maximum absolute atomic E-state index is 13.2. The van der Waals surface area contributed by atoms with Crippen LogP contribution in [0, 0.1) is 5.82 Å². The van der Waals surface area contributed by atoms with Gasteiger partial charge in [0.2, 0.25) is 5.88 Å². The minimum Gasteiger partial charge on any atom is -0.478 e. The van der Waals surface area contributed by atoms with Gasteiger partial charge >= 0.3 is 5.97 Å². The van der Waals surface area contributed by atoms with Crippen molar-refractivity contribution in [1.29, 1.82) is 0 Å². The van der Waals surface area contributed by atoms with Crippen molar-refractivity contribution in [1.82, 2.24) is 4.98 Å². The van der Waals surface area contributed by atoms with Gasteiger partial charge in [-0.05, 0) is 56.7 Å². The molecule has 0 radical (unpaired) electrons. The van der Waals surface area contributed by atoms with Crippen molar-refractivity contribution in [2.24, 2.45) is 5.10 Å². The monoisotopic (exact) mass is 357 g/mol. The van der Waals surface area contributed by atoms with Gasteiger partial charge in [-0.1, -0.05) is 12.1 Å². The zero-order chi connectivity index (χ0) is 19.3. The standard InChI is InChI=1S/C19H20FN3O3/c1-5-17(26-19(2,3)14-6-8-15(20)9-7-14)23(21-4)16-12-13(18(24)25)10-11-22-16/h5-12H,4H2,1-3H3,(H,24,25)/b17-5+. The number of anilines is 1. The lowest BCUT2D eigenvalue weighted by molar-refractivity contribution is 0.0273. The summed E-state index contributed by atoms with van der Waals surface area (Å²) < 4.78 is 19.2. The van der Waals surface area contributed by atoms with Crippen molar-refractivity contribution in [3.8, 4) is 0 Å². The van der Waals surface area contributed by atoms with Gasteiger partial charge in [-0.3, -0.25) is 0 Å². The molecule has 0 unspecified atom stereocenters. The van der Waals surface area contributed by atoms with Gasteiger partial charge in [0.1, 0.15) is 11.4 Å². The summed E-state index contributed by atoms with van der Waals surface area (Å²) in [6, 6.07) is 8.74. The molecule has 1 heterocycles. The van der Waals surface area contributed by atoms with Gasteiger partial charge in [0.05, 0.1) is 5.56 Å². The predicted molar refractivity (Wildman–Crippen MR) is 97.5 cm³/mol. The van der Waals surface area contributed by atoms with E-state index in [2.05, 4.69) is 16.8 Å². The molecule has 0 saturated carbocycles. The highest BCUT2D eigenvalue weighted by molar-refractivity contribution is 5.88. The summed E-state index contributed by atoms with van der Waals surface area (Å²) in [7, 11) is 0. The fraction of sp³-hybridized carbons (Fsp3) is 0.211. The normalized spacial score (nSPS) is 11.8. The second-order valence-corrected chi connectivity index (χ2v) is 5.91. The molecule has 7 heteroatoms. The Bertz CT molecular complexity index is 832. The molecule has 0 aliphatic carbocycles. The number of carbonyl (C=O) groups is 1. The first-order valence-electron chi connectivity index (χ1n) is 7.86. The van der Waals surface area contributed by atoms with Gasteiger partial charge in [0.25, 0.3) is 0 Å². The SMILES string of the molecule is C=NN(/C(=C\C)OC(C)(C)c1ccc(F)cc1)c1cc(C(=O)O)ccn1. The Kier molecular flexibility index (Phi) is 5.71. The van der Waals surface area contributed by atoms with Crippen LogP contribution in [0.3, 0.4) is 0 Å². The number of hydrazone groups is 1. The largest absolute Gasteiger partial charge is 0.478 e. The Morgan fingerprint density at radius 2 is 2.00 bits per heavy atom. The van der Waals surface area contributed by atoms with E-state index in [0.717, 1.165) is 5.56 Å². The van der Waals surface area contributed by atoms with Crippen LogP contribution in [0.5, 0.6) is 0 Å². The molecular formula is C19H20FN3O3. The number of halogens is 1. The van der Waals surface area contributed by atoms with E-state index in [9.17, 15) is 9.18 Å². The molecule has 1 aromatic carbocycles. The van der Waals surface area contributed by atoms with E-state index in [-0.39, 0.29) is 17.2 Å². The van der Waals surface area contributed by atoms with Gasteiger partial charge in [-0.15, -0.1) is 0 Å². The lowest BCUT2D eigenvalue weighted by Gasteiger charge is -2.31. The van der Waals surface area contributed by atoms with Gasteiger partial charge in [0.15, 0.2) is 5.82 Å². The fourth-order valence-corrected chi connectivity index (χ4v) is 2.32. The lowest BCUT2D eigenvalue weighted by Crippen LogP contribution is -2.28. The maximum Gasteiger partial charge on any atom is 0.335 e. The highest BCUT2D eigenvalue weighted by Crippen LogP contribution is 2.30. The highest BCUT2D eigenvalue weighted by atomic mass is 19.1. The zero-order valence-corrected chi connectivity index (χ0v) is 14.8. The zero-order valence-electron chi connectivity index (χ0n) is 14.8. The van der Waals surface area contributed by atoms with Crippen LogP contribution in [0.4, 0.5) is 10.2 Å². The molecule has 26 heavy (non-hydrogen) atoms. The second kappa shape index (κ2) is 7.77. The van der Waals surface area contributed by atoms with Crippen LogP contribution in [0.2, 0.25) is 0 Å². The van der Waals surface area contributed by atoms with Crippen LogP contribution < -0.4 is 5.01 Å². The first-order chi connectivity index (χ1) is 12.3. The minimum absolute atomic E-state index is 0.0666. The molecule has 6 nitrogen and oxygen atoms in total. The summed E-state index contributed by atoms with van der Waals surface area (Å²) in [4.78, 5) is 15.3. The average molecular weight is 357 g/mol. The van der Waals surface area contributed by atoms with E-state index in [1.807, 2.05) is 13.8 Å². The van der Waals surface area contributed by atoms with Gasteiger partial charge in [-0.2, -0.15) is 10.1 Å². The molecule has 0 spiro atoms. The summed E-state index contributed by atoms with van der Waals surface area (Å²) in [5.41, 5.74) is 0.0227. The Morgan fingerprint density at radius 3 is 2.54 bits per heavy atom. The molecule has 0 fully saturated rings. The van der Waals surface area contributed by atoms with E-state index in [1.54, 1.807) is 25.1 Å². The summed E-state index contributed by atoms with van der Waals surface area (Å²) in [5, 5.41) is 14.3. The summed E-state index contributed by atoms with van der Waals surface area (Å²) in [6.45, 7) is 8.91. The molecule has 0 saturated heterocycles. The first kappa shape index (κ1) is 19.1. The molecule has 2 aromatic rings. The molecule has 0 aliphatic heterocycles. The number of benzene rings is 1. The molecule has 0 aliphatic rings. The van der Waals surface area contributed by atoms with Crippen molar-refractivity contribution in [2.75, 3.05) is 5.01 Å². The van der Waals surface area contributed by atoms with Crippen molar-refractivity contribution < 1.29 is 19.0 Å². The fourth-order valence-electron chi connectivity index (χ4n) is 2.32. The lowest BCUT2D eigenvalue weighted by atomic mass is 9.98. The molecule has 1 N–H and O–H groups in total. The number of rotatable bonds is 7. The highest BCUT2D eigenvalue weighted by Gasteiger charge is 2.27. The number of ether oxygens (including phenoxy) is 1. The van der Waals surface area contributed by atoms with E-state index in [0.29, 0.717) is 5.88 Å². The van der Waals surface area contributed by atoms with E-state index in [4.69, 9.17) is 9.84 Å². The van der Waals surface area contributed by atoms with Crippen molar-refractivity contribution in [3.63, 3.8) is 0 Å². The molecule has 0 amide bonds. The first-order valence-corrected chi connectivity index (χ1v) is 7.86. The van der Waals surface area contributed by atoms with E-state index >= 15 is 0 Å². The molecule has 1 aromatic heterocycles. The number of aromatic nitrogens is 1. The number of pyridine rings is 1. The predicted octanol–water partition coefficient (Wildman–Crippen LogP) is 4.15. The van der Waals surface area contributed by atoms with E-state index < -0.39 is 11.6 Å². The quantitative estimate of drug-likeness (QED) is 0.458. The van der Waals surface area contributed by atoms with Crippen LogP contribution in [0.25, 0.3) is 0 Å². The summed E-state index contributed by atoms with van der Waals surface area (Å²) in [6.07, 6.45) is 3.03. The van der Waals surface area contributed by atoms with Crippen molar-refractivity contribution in [3.05, 3.63) is 71.5 Å². The minimum atomic E-state index is -1.08. The van der Waals surface area contributed by atoms with Crippen molar-refractivity contribution in [2.45, 2.75) is 26.4 Å². The number of hydrogen-bond acceptors (Lipinski definition) is 5. The van der Waals surface area contributed by atoms with E-state index in [1.165, 1.54) is 35.5 Å². The Labute approximate surface area is 151 Å². The molecule has 0 atom stereocenters. The smallest absolute Gasteiger partial charge is 0.335 e. The third-order valence-corrected chi connectivity index (χ3v) is 3.71. The summed E-state index contributed by atoms with van der Waals surface area (Å²) in [5.74, 6) is -0.848.